The van der Waals surface area contributed by atoms with Crippen molar-refractivity contribution in [1.82, 2.24) is 15.5 Å². The fourth-order valence-corrected chi connectivity index (χ4v) is 2.73. The number of carbonyl (C=O) groups is 1. The van der Waals surface area contributed by atoms with Crippen LogP contribution in [0, 0.1) is 5.92 Å². The van der Waals surface area contributed by atoms with Gasteiger partial charge in [0.2, 0.25) is 5.91 Å². The molecular formula is C15H31N3O. The molecule has 112 valence electrons. The van der Waals surface area contributed by atoms with E-state index < -0.39 is 0 Å². The molecule has 0 saturated carbocycles. The molecule has 0 aliphatic carbocycles. The van der Waals surface area contributed by atoms with Crippen molar-refractivity contribution in [3.63, 3.8) is 0 Å². The third kappa shape index (κ3) is 6.92. The number of hydrogen-bond acceptors (Lipinski definition) is 3. The van der Waals surface area contributed by atoms with E-state index in [1.807, 2.05) is 0 Å². The van der Waals surface area contributed by atoms with Gasteiger partial charge in [0, 0.05) is 6.04 Å². The maximum Gasteiger partial charge on any atom is 0.234 e. The molecule has 19 heavy (non-hydrogen) atoms. The van der Waals surface area contributed by atoms with Crippen molar-refractivity contribution < 1.29 is 4.79 Å². The van der Waals surface area contributed by atoms with Gasteiger partial charge in [-0.1, -0.05) is 20.3 Å². The van der Waals surface area contributed by atoms with Gasteiger partial charge in [-0.15, -0.1) is 0 Å². The summed E-state index contributed by atoms with van der Waals surface area (Å²) >= 11 is 0. The summed E-state index contributed by atoms with van der Waals surface area (Å²) in [7, 11) is 0. The minimum Gasteiger partial charge on any atom is -0.353 e. The Kier molecular flexibility index (Phi) is 8.07. The number of carbonyl (C=O) groups excluding carboxylic acids is 1. The Morgan fingerprint density at radius 1 is 1.32 bits per heavy atom. The monoisotopic (exact) mass is 269 g/mol. The van der Waals surface area contributed by atoms with Crippen LogP contribution in [-0.2, 0) is 4.79 Å². The van der Waals surface area contributed by atoms with Gasteiger partial charge in [0.1, 0.15) is 0 Å². The number of piperidine rings is 1. The molecule has 2 N–H and O–H groups in total. The molecule has 0 radical (unpaired) electrons. The van der Waals surface area contributed by atoms with Gasteiger partial charge < -0.3 is 10.6 Å². The highest BCUT2D eigenvalue weighted by Crippen LogP contribution is 2.15. The van der Waals surface area contributed by atoms with E-state index >= 15 is 0 Å². The maximum absolute atomic E-state index is 11.9. The molecule has 1 unspecified atom stereocenters. The van der Waals surface area contributed by atoms with Crippen molar-refractivity contribution in [3.05, 3.63) is 0 Å². The van der Waals surface area contributed by atoms with Gasteiger partial charge in [-0.2, -0.15) is 0 Å². The molecule has 1 amide bonds. The normalized spacial score (nSPS) is 19.3. The van der Waals surface area contributed by atoms with E-state index in [9.17, 15) is 4.79 Å². The molecule has 1 atom stereocenters. The van der Waals surface area contributed by atoms with Crippen molar-refractivity contribution in [2.75, 3.05) is 32.7 Å². The maximum atomic E-state index is 11.9. The van der Waals surface area contributed by atoms with Crippen molar-refractivity contribution in [2.24, 2.45) is 5.92 Å². The molecule has 0 aromatic carbocycles. The summed E-state index contributed by atoms with van der Waals surface area (Å²) in [4.78, 5) is 14.2. The lowest BCUT2D eigenvalue weighted by molar-refractivity contribution is -0.123. The third-order valence-electron chi connectivity index (χ3n) is 3.89. The van der Waals surface area contributed by atoms with Crippen LogP contribution in [0.5, 0.6) is 0 Å². The van der Waals surface area contributed by atoms with Gasteiger partial charge in [-0.05, 0) is 58.3 Å². The SMILES string of the molecule is CCCC(C)NC(=O)CN1CCC(CNCC)CC1. The van der Waals surface area contributed by atoms with Crippen molar-refractivity contribution >= 4 is 5.91 Å². The van der Waals surface area contributed by atoms with E-state index in [4.69, 9.17) is 0 Å². The van der Waals surface area contributed by atoms with Gasteiger partial charge in [-0.3, -0.25) is 9.69 Å². The second-order valence-electron chi connectivity index (χ2n) is 5.78. The van der Waals surface area contributed by atoms with E-state index in [0.717, 1.165) is 44.9 Å². The summed E-state index contributed by atoms with van der Waals surface area (Å²) in [6.07, 6.45) is 4.61. The second-order valence-corrected chi connectivity index (χ2v) is 5.78. The van der Waals surface area contributed by atoms with Crippen LogP contribution in [0.15, 0.2) is 0 Å². The van der Waals surface area contributed by atoms with Gasteiger partial charge >= 0.3 is 0 Å². The van der Waals surface area contributed by atoms with Crippen molar-refractivity contribution in [1.29, 1.82) is 0 Å². The van der Waals surface area contributed by atoms with Crippen LogP contribution in [0.3, 0.4) is 0 Å². The van der Waals surface area contributed by atoms with Crippen LogP contribution in [-0.4, -0.2) is 49.6 Å². The van der Waals surface area contributed by atoms with Crippen molar-refractivity contribution in [2.45, 2.75) is 52.5 Å². The molecule has 0 spiro atoms. The summed E-state index contributed by atoms with van der Waals surface area (Å²) in [5.74, 6) is 0.976. The lowest BCUT2D eigenvalue weighted by Gasteiger charge is -2.31. The van der Waals surface area contributed by atoms with Crippen LogP contribution in [0.4, 0.5) is 0 Å². The fourth-order valence-electron chi connectivity index (χ4n) is 2.73. The van der Waals surface area contributed by atoms with E-state index in [-0.39, 0.29) is 5.91 Å². The number of rotatable bonds is 8. The minimum absolute atomic E-state index is 0.186. The van der Waals surface area contributed by atoms with Gasteiger partial charge in [0.15, 0.2) is 0 Å². The van der Waals surface area contributed by atoms with Crippen LogP contribution in [0.25, 0.3) is 0 Å². The average Bonchev–Trinajstić information content (AvgIpc) is 2.38. The van der Waals surface area contributed by atoms with Crippen molar-refractivity contribution in [3.8, 4) is 0 Å². The number of amides is 1. The van der Waals surface area contributed by atoms with E-state index in [2.05, 4.69) is 36.3 Å². The topological polar surface area (TPSA) is 44.4 Å². The minimum atomic E-state index is 0.186. The summed E-state index contributed by atoms with van der Waals surface area (Å²) < 4.78 is 0. The Hall–Kier alpha value is -0.610. The smallest absolute Gasteiger partial charge is 0.234 e. The zero-order valence-electron chi connectivity index (χ0n) is 12.9. The average molecular weight is 269 g/mol. The highest BCUT2D eigenvalue weighted by molar-refractivity contribution is 5.78. The quantitative estimate of drug-likeness (QED) is 0.704. The number of nitrogens with one attached hydrogen (secondary N) is 2. The summed E-state index contributed by atoms with van der Waals surface area (Å²) in [6, 6.07) is 0.309. The number of hydrogen-bond donors (Lipinski definition) is 2. The third-order valence-corrected chi connectivity index (χ3v) is 3.89. The molecule has 1 aliphatic rings. The zero-order chi connectivity index (χ0) is 14.1. The van der Waals surface area contributed by atoms with Crippen LogP contribution >= 0.6 is 0 Å². The lowest BCUT2D eigenvalue weighted by atomic mass is 9.97. The highest BCUT2D eigenvalue weighted by Gasteiger charge is 2.20. The molecule has 4 heteroatoms. The number of nitrogens with zero attached hydrogens (tertiary/aromatic N) is 1. The molecule has 1 heterocycles. The van der Waals surface area contributed by atoms with Gasteiger partial charge in [-0.25, -0.2) is 0 Å². The Balaban J connectivity index is 2.16. The summed E-state index contributed by atoms with van der Waals surface area (Å²) in [5, 5.41) is 6.50. The predicted molar refractivity (Wildman–Crippen MR) is 80.2 cm³/mol. The zero-order valence-corrected chi connectivity index (χ0v) is 12.9. The van der Waals surface area contributed by atoms with Crippen LogP contribution < -0.4 is 10.6 Å². The van der Waals surface area contributed by atoms with Gasteiger partial charge in [0.25, 0.3) is 0 Å². The Bertz CT molecular complexity index is 250. The molecular weight excluding hydrogens is 238 g/mol. The Labute approximate surface area is 118 Å². The highest BCUT2D eigenvalue weighted by atomic mass is 16.2. The molecule has 1 fully saturated rings. The first-order valence-electron chi connectivity index (χ1n) is 7.88. The standard InChI is InChI=1S/C15H31N3O/c1-4-6-13(3)17-15(19)12-18-9-7-14(8-10-18)11-16-5-2/h13-14,16H,4-12H2,1-3H3,(H,17,19). The summed E-state index contributed by atoms with van der Waals surface area (Å²) in [6.45, 7) is 11.3. The van der Waals surface area contributed by atoms with Crippen LogP contribution in [0.1, 0.15) is 46.5 Å². The molecule has 0 bridgehead atoms. The first-order chi connectivity index (χ1) is 9.15. The molecule has 4 nitrogen and oxygen atoms in total. The molecule has 0 aromatic heterocycles. The molecule has 1 aliphatic heterocycles. The fraction of sp³-hybridized carbons (Fsp3) is 0.933. The van der Waals surface area contributed by atoms with E-state index in [0.29, 0.717) is 12.6 Å². The Morgan fingerprint density at radius 2 is 2.00 bits per heavy atom. The van der Waals surface area contributed by atoms with E-state index in [1.54, 1.807) is 0 Å². The van der Waals surface area contributed by atoms with Gasteiger partial charge in [0.05, 0.1) is 6.54 Å². The summed E-state index contributed by atoms with van der Waals surface area (Å²) in [5.41, 5.74) is 0. The van der Waals surface area contributed by atoms with Crippen LogP contribution in [0.2, 0.25) is 0 Å². The first-order valence-corrected chi connectivity index (χ1v) is 7.88. The number of likely N-dealkylation sites (tertiary alicyclic amines) is 1. The molecule has 0 aromatic rings. The second kappa shape index (κ2) is 9.32. The largest absolute Gasteiger partial charge is 0.353 e. The molecule has 1 saturated heterocycles. The first kappa shape index (κ1) is 16.4. The lowest BCUT2D eigenvalue weighted by Crippen LogP contribution is -2.44. The molecule has 1 rings (SSSR count). The predicted octanol–water partition coefficient (Wildman–Crippen LogP) is 1.61. The Morgan fingerprint density at radius 3 is 2.58 bits per heavy atom. The van der Waals surface area contributed by atoms with E-state index in [1.165, 1.54) is 12.8 Å².